The van der Waals surface area contributed by atoms with Gasteiger partial charge in [0, 0.05) is 7.05 Å². The predicted molar refractivity (Wildman–Crippen MR) is 82.7 cm³/mol. The largest absolute Gasteiger partial charge is 0.330 e. The molecule has 0 bridgehead atoms. The minimum absolute atomic E-state index is 0.420. The molecule has 1 fully saturated rings. The summed E-state index contributed by atoms with van der Waals surface area (Å²) in [5, 5.41) is 3.52. The fraction of sp³-hybridized carbons (Fsp3) is 0.471. The maximum Gasteiger partial charge on any atom is 0.126 e. The molecule has 2 heterocycles. The van der Waals surface area contributed by atoms with E-state index in [1.807, 2.05) is 6.20 Å². The predicted octanol–water partition coefficient (Wildman–Crippen LogP) is 3.64. The van der Waals surface area contributed by atoms with E-state index in [4.69, 9.17) is 0 Å². The second-order valence-electron chi connectivity index (χ2n) is 5.99. The average molecular weight is 269 g/mol. The molecule has 3 nitrogen and oxygen atoms in total. The standard InChI is InChI=1S/C17H23N3/c1-12(2)13-6-8-14(9-7-13)16-11-19-17(20(16)3)15-5-4-10-18-15/h6-9,11-12,15,18H,4-5,10H2,1-3H3. The van der Waals surface area contributed by atoms with E-state index in [0.29, 0.717) is 12.0 Å². The molecule has 0 saturated carbocycles. The van der Waals surface area contributed by atoms with Gasteiger partial charge in [0.1, 0.15) is 5.82 Å². The SMILES string of the molecule is CC(C)c1ccc(-c2cnc(C3CCCN3)n2C)cc1. The lowest BCUT2D eigenvalue weighted by Gasteiger charge is -2.12. The molecule has 1 aliphatic heterocycles. The second-order valence-corrected chi connectivity index (χ2v) is 5.99. The molecule has 0 radical (unpaired) electrons. The van der Waals surface area contributed by atoms with Crippen LogP contribution >= 0.6 is 0 Å². The van der Waals surface area contributed by atoms with E-state index in [9.17, 15) is 0 Å². The first kappa shape index (κ1) is 13.4. The van der Waals surface area contributed by atoms with E-state index in [2.05, 4.69) is 60.0 Å². The number of nitrogens with one attached hydrogen (secondary N) is 1. The van der Waals surface area contributed by atoms with E-state index in [1.54, 1.807) is 0 Å². The Balaban J connectivity index is 1.90. The molecule has 0 spiro atoms. The average Bonchev–Trinajstić information content (AvgIpc) is 3.08. The summed E-state index contributed by atoms with van der Waals surface area (Å²) in [7, 11) is 2.12. The number of hydrogen-bond donors (Lipinski definition) is 1. The van der Waals surface area contributed by atoms with Crippen LogP contribution in [0.2, 0.25) is 0 Å². The third-order valence-electron chi connectivity index (χ3n) is 4.27. The molecule has 1 aromatic carbocycles. The van der Waals surface area contributed by atoms with Gasteiger partial charge >= 0.3 is 0 Å². The topological polar surface area (TPSA) is 29.9 Å². The summed E-state index contributed by atoms with van der Waals surface area (Å²) in [6.07, 6.45) is 4.44. The zero-order chi connectivity index (χ0) is 14.1. The molecular weight excluding hydrogens is 246 g/mol. The highest BCUT2D eigenvalue weighted by atomic mass is 15.1. The molecule has 106 valence electrons. The van der Waals surface area contributed by atoms with Crippen molar-refractivity contribution in [3.8, 4) is 11.3 Å². The molecule has 0 amide bonds. The van der Waals surface area contributed by atoms with Gasteiger partial charge < -0.3 is 9.88 Å². The van der Waals surface area contributed by atoms with Crippen LogP contribution < -0.4 is 5.32 Å². The fourth-order valence-electron chi connectivity index (χ4n) is 2.96. The number of benzene rings is 1. The Hall–Kier alpha value is -1.61. The maximum atomic E-state index is 4.63. The Morgan fingerprint density at radius 3 is 2.60 bits per heavy atom. The quantitative estimate of drug-likeness (QED) is 0.922. The van der Waals surface area contributed by atoms with Gasteiger partial charge in [0.15, 0.2) is 0 Å². The summed E-state index contributed by atoms with van der Waals surface area (Å²) in [5.74, 6) is 1.74. The number of nitrogens with zero attached hydrogens (tertiary/aromatic N) is 2. The van der Waals surface area contributed by atoms with E-state index in [1.165, 1.54) is 29.7 Å². The molecule has 2 aromatic rings. The summed E-state index contributed by atoms with van der Waals surface area (Å²) in [4.78, 5) is 4.63. The highest BCUT2D eigenvalue weighted by molar-refractivity contribution is 5.60. The van der Waals surface area contributed by atoms with Gasteiger partial charge in [0.2, 0.25) is 0 Å². The monoisotopic (exact) mass is 269 g/mol. The lowest BCUT2D eigenvalue weighted by atomic mass is 10.0. The van der Waals surface area contributed by atoms with E-state index < -0.39 is 0 Å². The van der Waals surface area contributed by atoms with Crippen LogP contribution in [0.4, 0.5) is 0 Å². The molecular formula is C17H23N3. The van der Waals surface area contributed by atoms with Gasteiger partial charge in [-0.3, -0.25) is 0 Å². The molecule has 1 atom stereocenters. The zero-order valence-electron chi connectivity index (χ0n) is 12.6. The van der Waals surface area contributed by atoms with Crippen molar-refractivity contribution in [2.45, 2.75) is 38.6 Å². The Morgan fingerprint density at radius 1 is 1.25 bits per heavy atom. The molecule has 20 heavy (non-hydrogen) atoms. The van der Waals surface area contributed by atoms with Gasteiger partial charge in [0.25, 0.3) is 0 Å². The van der Waals surface area contributed by atoms with Crippen LogP contribution in [0.25, 0.3) is 11.3 Å². The first-order valence-corrected chi connectivity index (χ1v) is 7.52. The van der Waals surface area contributed by atoms with Crippen LogP contribution in [-0.4, -0.2) is 16.1 Å². The van der Waals surface area contributed by atoms with Crippen molar-refractivity contribution in [1.29, 1.82) is 0 Å². The third kappa shape index (κ3) is 2.38. The van der Waals surface area contributed by atoms with Crippen molar-refractivity contribution in [2.75, 3.05) is 6.54 Å². The van der Waals surface area contributed by atoms with Gasteiger partial charge in [-0.2, -0.15) is 0 Å². The summed E-state index contributed by atoms with van der Waals surface area (Å²) >= 11 is 0. The van der Waals surface area contributed by atoms with Crippen LogP contribution in [0.3, 0.4) is 0 Å². The van der Waals surface area contributed by atoms with Crippen LogP contribution in [-0.2, 0) is 7.05 Å². The summed E-state index contributed by atoms with van der Waals surface area (Å²) in [5.41, 5.74) is 3.83. The smallest absolute Gasteiger partial charge is 0.126 e. The molecule has 1 N–H and O–H groups in total. The lowest BCUT2D eigenvalue weighted by molar-refractivity contribution is 0.581. The van der Waals surface area contributed by atoms with E-state index in [0.717, 1.165) is 12.4 Å². The highest BCUT2D eigenvalue weighted by Gasteiger charge is 2.21. The third-order valence-corrected chi connectivity index (χ3v) is 4.27. The van der Waals surface area contributed by atoms with Crippen LogP contribution in [0.1, 0.15) is 50.0 Å². The Bertz CT molecular complexity index is 575. The number of aromatic nitrogens is 2. The Labute approximate surface area is 121 Å². The van der Waals surface area contributed by atoms with Crippen molar-refractivity contribution >= 4 is 0 Å². The first-order valence-electron chi connectivity index (χ1n) is 7.52. The van der Waals surface area contributed by atoms with E-state index >= 15 is 0 Å². The lowest BCUT2D eigenvalue weighted by Crippen LogP contribution is -2.17. The summed E-state index contributed by atoms with van der Waals surface area (Å²) < 4.78 is 2.23. The zero-order valence-corrected chi connectivity index (χ0v) is 12.6. The van der Waals surface area contributed by atoms with Crippen molar-refractivity contribution in [1.82, 2.24) is 14.9 Å². The second kappa shape index (κ2) is 5.41. The van der Waals surface area contributed by atoms with Gasteiger partial charge in [-0.1, -0.05) is 38.1 Å². The van der Waals surface area contributed by atoms with Crippen molar-refractivity contribution in [3.63, 3.8) is 0 Å². The number of hydrogen-bond acceptors (Lipinski definition) is 2. The van der Waals surface area contributed by atoms with Crippen LogP contribution in [0.15, 0.2) is 30.5 Å². The van der Waals surface area contributed by atoms with Gasteiger partial charge in [-0.05, 0) is 36.4 Å². The molecule has 1 aromatic heterocycles. The Kier molecular flexibility index (Phi) is 3.62. The van der Waals surface area contributed by atoms with Crippen LogP contribution in [0.5, 0.6) is 0 Å². The molecule has 3 heteroatoms. The van der Waals surface area contributed by atoms with Gasteiger partial charge in [0.05, 0.1) is 17.9 Å². The van der Waals surface area contributed by atoms with Gasteiger partial charge in [-0.25, -0.2) is 4.98 Å². The normalized spacial score (nSPS) is 18.9. The number of imidazole rings is 1. The van der Waals surface area contributed by atoms with E-state index in [-0.39, 0.29) is 0 Å². The molecule has 1 unspecified atom stereocenters. The van der Waals surface area contributed by atoms with Crippen molar-refractivity contribution in [3.05, 3.63) is 41.9 Å². The summed E-state index contributed by atoms with van der Waals surface area (Å²) in [6, 6.07) is 9.28. The molecule has 1 aliphatic rings. The highest BCUT2D eigenvalue weighted by Crippen LogP contribution is 2.27. The maximum absolute atomic E-state index is 4.63. The van der Waals surface area contributed by atoms with Gasteiger partial charge in [-0.15, -0.1) is 0 Å². The first-order chi connectivity index (χ1) is 9.66. The number of rotatable bonds is 3. The molecule has 0 aliphatic carbocycles. The summed E-state index contributed by atoms with van der Waals surface area (Å²) in [6.45, 7) is 5.56. The minimum Gasteiger partial charge on any atom is -0.330 e. The molecule has 1 saturated heterocycles. The minimum atomic E-state index is 0.420. The van der Waals surface area contributed by atoms with Crippen LogP contribution in [0, 0.1) is 0 Å². The van der Waals surface area contributed by atoms with Crippen molar-refractivity contribution < 1.29 is 0 Å². The van der Waals surface area contributed by atoms with Crippen molar-refractivity contribution in [2.24, 2.45) is 7.05 Å². The Morgan fingerprint density at radius 2 is 2.00 bits per heavy atom. The fourth-order valence-corrected chi connectivity index (χ4v) is 2.96. The molecule has 3 rings (SSSR count).